The number of rotatable bonds is 8. The van der Waals surface area contributed by atoms with Crippen LogP contribution in [0.15, 0.2) is 59.1 Å². The molecule has 2 heterocycles. The normalized spacial score (nSPS) is 16.9. The van der Waals surface area contributed by atoms with E-state index < -0.39 is 0 Å². The maximum atomic E-state index is 12.7. The summed E-state index contributed by atoms with van der Waals surface area (Å²) >= 11 is 0. The summed E-state index contributed by atoms with van der Waals surface area (Å²) in [6.45, 7) is 10.9. The Kier molecular flexibility index (Phi) is 7.52. The third-order valence-corrected chi connectivity index (χ3v) is 6.42. The molecule has 0 bridgehead atoms. The Bertz CT molecular complexity index is 1030. The Labute approximate surface area is 195 Å². The first-order chi connectivity index (χ1) is 16.0. The van der Waals surface area contributed by atoms with Crippen LogP contribution in [0.5, 0.6) is 0 Å². The van der Waals surface area contributed by atoms with Gasteiger partial charge in [-0.1, -0.05) is 72.2 Å². The number of hydrogen-bond acceptors (Lipinski definition) is 6. The molecule has 1 N–H and O–H groups in total. The monoisotopic (exact) mass is 447 g/mol. The van der Waals surface area contributed by atoms with Crippen molar-refractivity contribution in [2.45, 2.75) is 39.3 Å². The summed E-state index contributed by atoms with van der Waals surface area (Å²) in [5.74, 6) is 1.63. The fourth-order valence-corrected chi connectivity index (χ4v) is 4.11. The third-order valence-electron chi connectivity index (χ3n) is 6.42. The molecule has 1 aromatic heterocycles. The lowest BCUT2D eigenvalue weighted by molar-refractivity contribution is -0.126. The fraction of sp³-hybridized carbons (Fsp3) is 0.423. The maximum Gasteiger partial charge on any atom is 0.241 e. The standard InChI is InChI=1S/C26H33N5O2/c1-19-9-11-23(12-10-19)25-28-24(33-29-25)18-30-13-15-31(16-14-30)21(3)26(32)27-17-20(2)22-7-5-4-6-8-22/h4-12,20-21H,13-18H2,1-3H3,(H,27,32)/t20-,21+/m1/s1. The molecule has 7 heteroatoms. The van der Waals surface area contributed by atoms with E-state index in [0.29, 0.717) is 30.7 Å². The van der Waals surface area contributed by atoms with Crippen LogP contribution in [-0.4, -0.2) is 64.6 Å². The maximum absolute atomic E-state index is 12.7. The summed E-state index contributed by atoms with van der Waals surface area (Å²) < 4.78 is 5.47. The Hall–Kier alpha value is -3.03. The summed E-state index contributed by atoms with van der Waals surface area (Å²) in [6, 6.07) is 18.3. The van der Waals surface area contributed by atoms with E-state index in [1.807, 2.05) is 49.4 Å². The number of nitrogens with zero attached hydrogens (tertiary/aromatic N) is 4. The highest BCUT2D eigenvalue weighted by Crippen LogP contribution is 2.18. The molecule has 7 nitrogen and oxygen atoms in total. The van der Waals surface area contributed by atoms with Gasteiger partial charge in [0, 0.05) is 38.3 Å². The van der Waals surface area contributed by atoms with Gasteiger partial charge < -0.3 is 9.84 Å². The van der Waals surface area contributed by atoms with Crippen molar-refractivity contribution >= 4 is 5.91 Å². The van der Waals surface area contributed by atoms with Crippen molar-refractivity contribution in [2.24, 2.45) is 0 Å². The summed E-state index contributed by atoms with van der Waals surface area (Å²) in [4.78, 5) is 21.8. The van der Waals surface area contributed by atoms with E-state index in [1.165, 1.54) is 11.1 Å². The summed E-state index contributed by atoms with van der Waals surface area (Å²) in [5, 5.41) is 7.25. The van der Waals surface area contributed by atoms with Crippen LogP contribution in [-0.2, 0) is 11.3 Å². The largest absolute Gasteiger partial charge is 0.354 e. The van der Waals surface area contributed by atoms with E-state index in [1.54, 1.807) is 0 Å². The van der Waals surface area contributed by atoms with Gasteiger partial charge in [0.05, 0.1) is 12.6 Å². The van der Waals surface area contributed by atoms with Gasteiger partial charge in [0.15, 0.2) is 0 Å². The Morgan fingerprint density at radius 1 is 1.03 bits per heavy atom. The Morgan fingerprint density at radius 2 is 1.73 bits per heavy atom. The van der Waals surface area contributed by atoms with Gasteiger partial charge in [-0.2, -0.15) is 4.98 Å². The second-order valence-corrected chi connectivity index (χ2v) is 8.92. The molecule has 2 atom stereocenters. The summed E-state index contributed by atoms with van der Waals surface area (Å²) in [7, 11) is 0. The highest BCUT2D eigenvalue weighted by Gasteiger charge is 2.26. The van der Waals surface area contributed by atoms with Gasteiger partial charge in [0.1, 0.15) is 0 Å². The zero-order valence-electron chi connectivity index (χ0n) is 19.7. The van der Waals surface area contributed by atoms with Crippen molar-refractivity contribution < 1.29 is 9.32 Å². The molecular weight excluding hydrogens is 414 g/mol. The van der Waals surface area contributed by atoms with E-state index in [9.17, 15) is 4.79 Å². The topological polar surface area (TPSA) is 74.5 Å². The number of aromatic nitrogens is 2. The van der Waals surface area contributed by atoms with Crippen molar-refractivity contribution in [2.75, 3.05) is 32.7 Å². The zero-order valence-corrected chi connectivity index (χ0v) is 19.7. The van der Waals surface area contributed by atoms with Crippen LogP contribution in [0.2, 0.25) is 0 Å². The average molecular weight is 448 g/mol. The smallest absolute Gasteiger partial charge is 0.241 e. The van der Waals surface area contributed by atoms with E-state index in [0.717, 1.165) is 31.7 Å². The number of aryl methyl sites for hydroxylation is 1. The van der Waals surface area contributed by atoms with Gasteiger partial charge in [-0.15, -0.1) is 0 Å². The first-order valence-electron chi connectivity index (χ1n) is 11.7. The number of amides is 1. The molecule has 0 saturated carbocycles. The molecule has 1 aliphatic heterocycles. The van der Waals surface area contributed by atoms with Gasteiger partial charge in [-0.3, -0.25) is 14.6 Å². The van der Waals surface area contributed by atoms with Crippen LogP contribution in [0.1, 0.15) is 36.8 Å². The lowest BCUT2D eigenvalue weighted by atomic mass is 10.0. The molecule has 0 unspecified atom stereocenters. The molecular formula is C26H33N5O2. The third kappa shape index (κ3) is 6.06. The van der Waals surface area contributed by atoms with Gasteiger partial charge in [0.2, 0.25) is 17.6 Å². The Balaban J connectivity index is 1.22. The second kappa shape index (κ2) is 10.7. The number of piperazine rings is 1. The molecule has 1 aliphatic rings. The van der Waals surface area contributed by atoms with E-state index in [2.05, 4.69) is 51.2 Å². The molecule has 0 spiro atoms. The van der Waals surface area contributed by atoms with Crippen molar-refractivity contribution in [3.05, 3.63) is 71.6 Å². The first-order valence-corrected chi connectivity index (χ1v) is 11.7. The number of benzene rings is 2. The van der Waals surface area contributed by atoms with E-state index >= 15 is 0 Å². The van der Waals surface area contributed by atoms with Crippen molar-refractivity contribution in [3.8, 4) is 11.4 Å². The Morgan fingerprint density at radius 3 is 2.42 bits per heavy atom. The lowest BCUT2D eigenvalue weighted by Crippen LogP contribution is -2.53. The first kappa shape index (κ1) is 23.1. The molecule has 33 heavy (non-hydrogen) atoms. The minimum Gasteiger partial charge on any atom is -0.354 e. The SMILES string of the molecule is Cc1ccc(-c2noc(CN3CCN([C@@H](C)C(=O)NC[C@@H](C)c4ccccc4)CC3)n2)cc1. The summed E-state index contributed by atoms with van der Waals surface area (Å²) in [5.41, 5.74) is 3.40. The zero-order chi connectivity index (χ0) is 23.2. The van der Waals surface area contributed by atoms with Gasteiger partial charge in [-0.25, -0.2) is 0 Å². The highest BCUT2D eigenvalue weighted by molar-refractivity contribution is 5.81. The molecule has 2 aromatic carbocycles. The van der Waals surface area contributed by atoms with Gasteiger partial charge in [-0.05, 0) is 25.3 Å². The number of nitrogens with one attached hydrogen (secondary N) is 1. The molecule has 4 rings (SSSR count). The second-order valence-electron chi connectivity index (χ2n) is 8.92. The number of carbonyl (C=O) groups is 1. The van der Waals surface area contributed by atoms with E-state index in [4.69, 9.17) is 4.52 Å². The van der Waals surface area contributed by atoms with Crippen molar-refractivity contribution in [3.63, 3.8) is 0 Å². The average Bonchev–Trinajstić information content (AvgIpc) is 3.31. The molecule has 3 aromatic rings. The van der Waals surface area contributed by atoms with Crippen LogP contribution >= 0.6 is 0 Å². The molecule has 0 aliphatic carbocycles. The van der Waals surface area contributed by atoms with Crippen LogP contribution in [0.25, 0.3) is 11.4 Å². The predicted octanol–water partition coefficient (Wildman–Crippen LogP) is 3.47. The molecule has 1 amide bonds. The van der Waals surface area contributed by atoms with Crippen molar-refractivity contribution in [1.29, 1.82) is 0 Å². The molecule has 1 saturated heterocycles. The molecule has 1 fully saturated rings. The predicted molar refractivity (Wildman–Crippen MR) is 129 cm³/mol. The van der Waals surface area contributed by atoms with Crippen LogP contribution in [0, 0.1) is 6.92 Å². The lowest BCUT2D eigenvalue weighted by Gasteiger charge is -2.36. The minimum atomic E-state index is -0.147. The van der Waals surface area contributed by atoms with Gasteiger partial charge in [0.25, 0.3) is 0 Å². The highest BCUT2D eigenvalue weighted by atomic mass is 16.5. The van der Waals surface area contributed by atoms with Crippen LogP contribution < -0.4 is 5.32 Å². The molecule has 174 valence electrons. The van der Waals surface area contributed by atoms with Gasteiger partial charge >= 0.3 is 0 Å². The van der Waals surface area contributed by atoms with Crippen molar-refractivity contribution in [1.82, 2.24) is 25.3 Å². The quantitative estimate of drug-likeness (QED) is 0.570. The number of hydrogen-bond donors (Lipinski definition) is 1. The van der Waals surface area contributed by atoms with Crippen LogP contribution in [0.3, 0.4) is 0 Å². The summed E-state index contributed by atoms with van der Waals surface area (Å²) in [6.07, 6.45) is 0. The van der Waals surface area contributed by atoms with E-state index in [-0.39, 0.29) is 11.9 Å². The van der Waals surface area contributed by atoms with Crippen LogP contribution in [0.4, 0.5) is 0 Å². The number of carbonyl (C=O) groups excluding carboxylic acids is 1. The molecule has 0 radical (unpaired) electrons. The minimum absolute atomic E-state index is 0.0888. The fourth-order valence-electron chi connectivity index (χ4n) is 4.11.